The van der Waals surface area contributed by atoms with Gasteiger partial charge in [-0.3, -0.25) is 10.2 Å². The first kappa shape index (κ1) is 19.4. The van der Waals surface area contributed by atoms with Crippen molar-refractivity contribution in [2.75, 3.05) is 13.1 Å². The van der Waals surface area contributed by atoms with Crippen molar-refractivity contribution in [3.8, 4) is 0 Å². The van der Waals surface area contributed by atoms with Gasteiger partial charge in [0.25, 0.3) is 5.91 Å². The van der Waals surface area contributed by atoms with E-state index in [1.807, 2.05) is 46.1 Å². The molecule has 1 heterocycles. The van der Waals surface area contributed by atoms with Crippen molar-refractivity contribution in [3.63, 3.8) is 0 Å². The average molecular weight is 299 g/mol. The van der Waals surface area contributed by atoms with Crippen LogP contribution in [0.4, 0.5) is 4.79 Å². The molecule has 3 N–H and O–H groups in total. The predicted octanol–water partition coefficient (Wildman–Crippen LogP) is 2.21. The molecule has 0 aliphatic carbocycles. The van der Waals surface area contributed by atoms with E-state index in [4.69, 9.17) is 10.6 Å². The highest BCUT2D eigenvalue weighted by atomic mass is 16.6. The van der Waals surface area contributed by atoms with Crippen molar-refractivity contribution in [3.05, 3.63) is 12.2 Å². The van der Waals surface area contributed by atoms with Gasteiger partial charge in [0, 0.05) is 19.2 Å². The van der Waals surface area contributed by atoms with Gasteiger partial charge in [0.2, 0.25) is 0 Å². The van der Waals surface area contributed by atoms with Crippen LogP contribution in [-0.4, -0.2) is 35.6 Å². The van der Waals surface area contributed by atoms with Gasteiger partial charge in [-0.15, -0.1) is 0 Å². The van der Waals surface area contributed by atoms with Crippen molar-refractivity contribution >= 4 is 12.0 Å². The van der Waals surface area contributed by atoms with Crippen LogP contribution in [0.2, 0.25) is 0 Å². The van der Waals surface area contributed by atoms with Gasteiger partial charge in [0.15, 0.2) is 0 Å². The molecule has 1 saturated heterocycles. The van der Waals surface area contributed by atoms with Crippen LogP contribution in [0.1, 0.15) is 47.5 Å². The molecule has 122 valence electrons. The number of piperidine rings is 1. The molecule has 0 aromatic carbocycles. The van der Waals surface area contributed by atoms with Crippen LogP contribution in [0, 0.1) is 5.92 Å². The number of carbonyl (C=O) groups is 2. The van der Waals surface area contributed by atoms with Crippen LogP contribution in [0.3, 0.4) is 0 Å². The molecular formula is C15H29N3O3. The molecule has 1 rings (SSSR count). The summed E-state index contributed by atoms with van der Waals surface area (Å²) in [5, 5.41) is 0. The number of hydrazine groups is 1. The third-order valence-corrected chi connectivity index (χ3v) is 2.85. The first-order chi connectivity index (χ1) is 9.81. The van der Waals surface area contributed by atoms with E-state index in [1.54, 1.807) is 4.90 Å². The summed E-state index contributed by atoms with van der Waals surface area (Å²) in [5.41, 5.74) is 1.58. The first-order valence-electron chi connectivity index (χ1n) is 7.48. The number of allylic oxidation sites excluding steroid dienone is 1. The molecule has 2 amide bonds. The van der Waals surface area contributed by atoms with Crippen LogP contribution in [0.15, 0.2) is 12.2 Å². The average Bonchev–Trinajstić information content (AvgIpc) is 2.45. The molecule has 6 heteroatoms. The smallest absolute Gasteiger partial charge is 0.410 e. The molecule has 0 radical (unpaired) electrons. The van der Waals surface area contributed by atoms with E-state index in [0.717, 1.165) is 12.8 Å². The standard InChI is InChI=1S/C13H23N3O3.C2H6/c1-13(2,3)19-12(18)16-8-6-10(7-9-16)4-5-11(17)15-14;1-2/h4-5,10H,6-9,14H2,1-3H3,(H,15,17);1-2H3/b5-4+;. The molecule has 0 aromatic heterocycles. The minimum absolute atomic E-state index is 0.269. The maximum absolute atomic E-state index is 11.8. The number of hydrogen-bond acceptors (Lipinski definition) is 4. The quantitative estimate of drug-likeness (QED) is 0.354. The fourth-order valence-corrected chi connectivity index (χ4v) is 1.87. The first-order valence-corrected chi connectivity index (χ1v) is 7.48. The Hall–Kier alpha value is -1.56. The minimum Gasteiger partial charge on any atom is -0.444 e. The van der Waals surface area contributed by atoms with E-state index in [9.17, 15) is 9.59 Å². The van der Waals surface area contributed by atoms with Gasteiger partial charge in [-0.1, -0.05) is 19.9 Å². The number of rotatable bonds is 2. The lowest BCUT2D eigenvalue weighted by Crippen LogP contribution is -2.41. The van der Waals surface area contributed by atoms with Crippen molar-refractivity contribution in [1.29, 1.82) is 0 Å². The Bertz CT molecular complexity index is 354. The Morgan fingerprint density at radius 1 is 1.24 bits per heavy atom. The lowest BCUT2D eigenvalue weighted by Gasteiger charge is -2.32. The molecule has 0 saturated carbocycles. The molecule has 1 aliphatic heterocycles. The lowest BCUT2D eigenvalue weighted by molar-refractivity contribution is -0.116. The normalized spacial score (nSPS) is 16.2. The second-order valence-electron chi connectivity index (χ2n) is 5.67. The molecule has 0 bridgehead atoms. The summed E-state index contributed by atoms with van der Waals surface area (Å²) in [6.45, 7) is 10.9. The maximum atomic E-state index is 11.8. The van der Waals surface area contributed by atoms with Crippen LogP contribution < -0.4 is 11.3 Å². The van der Waals surface area contributed by atoms with Gasteiger partial charge < -0.3 is 9.64 Å². The van der Waals surface area contributed by atoms with Crippen molar-refractivity contribution in [2.45, 2.75) is 53.1 Å². The zero-order chi connectivity index (χ0) is 16.5. The molecule has 21 heavy (non-hydrogen) atoms. The van der Waals surface area contributed by atoms with Gasteiger partial charge in [-0.25, -0.2) is 10.6 Å². The van der Waals surface area contributed by atoms with Crippen molar-refractivity contribution in [1.82, 2.24) is 10.3 Å². The summed E-state index contributed by atoms with van der Waals surface area (Å²) < 4.78 is 5.32. The number of nitrogens with zero attached hydrogens (tertiary/aromatic N) is 1. The SMILES string of the molecule is CC.CC(C)(C)OC(=O)N1CCC(/C=C/C(=O)NN)CC1. The summed E-state index contributed by atoms with van der Waals surface area (Å²) in [5.74, 6) is 4.98. The zero-order valence-electron chi connectivity index (χ0n) is 13.8. The topological polar surface area (TPSA) is 84.7 Å². The van der Waals surface area contributed by atoms with Gasteiger partial charge in [-0.05, 0) is 39.5 Å². The highest BCUT2D eigenvalue weighted by molar-refractivity contribution is 5.86. The molecule has 1 aliphatic rings. The second kappa shape index (κ2) is 9.39. The largest absolute Gasteiger partial charge is 0.444 e. The fourth-order valence-electron chi connectivity index (χ4n) is 1.87. The Morgan fingerprint density at radius 2 is 1.76 bits per heavy atom. The monoisotopic (exact) mass is 299 g/mol. The fraction of sp³-hybridized carbons (Fsp3) is 0.733. The molecular weight excluding hydrogens is 270 g/mol. The Morgan fingerprint density at radius 3 is 2.19 bits per heavy atom. The summed E-state index contributed by atoms with van der Waals surface area (Å²) in [7, 11) is 0. The summed E-state index contributed by atoms with van der Waals surface area (Å²) in [6, 6.07) is 0. The molecule has 0 unspecified atom stereocenters. The van der Waals surface area contributed by atoms with E-state index >= 15 is 0 Å². The number of amides is 2. The number of nitrogens with two attached hydrogens (primary N) is 1. The molecule has 0 atom stereocenters. The van der Waals surface area contributed by atoms with Crippen LogP contribution >= 0.6 is 0 Å². The minimum atomic E-state index is -0.465. The van der Waals surface area contributed by atoms with Crippen LogP contribution in [0.5, 0.6) is 0 Å². The zero-order valence-corrected chi connectivity index (χ0v) is 13.8. The van der Waals surface area contributed by atoms with Gasteiger partial charge in [-0.2, -0.15) is 0 Å². The van der Waals surface area contributed by atoms with Gasteiger partial charge >= 0.3 is 6.09 Å². The van der Waals surface area contributed by atoms with E-state index in [0.29, 0.717) is 19.0 Å². The number of nitrogens with one attached hydrogen (secondary N) is 1. The maximum Gasteiger partial charge on any atom is 0.410 e. The highest BCUT2D eigenvalue weighted by Gasteiger charge is 2.25. The van der Waals surface area contributed by atoms with Gasteiger partial charge in [0.1, 0.15) is 5.60 Å². The van der Waals surface area contributed by atoms with E-state index in [2.05, 4.69) is 0 Å². The van der Waals surface area contributed by atoms with E-state index in [-0.39, 0.29) is 12.0 Å². The second-order valence-corrected chi connectivity index (χ2v) is 5.67. The number of hydrogen-bond donors (Lipinski definition) is 2. The lowest BCUT2D eigenvalue weighted by atomic mass is 9.96. The highest BCUT2D eigenvalue weighted by Crippen LogP contribution is 2.20. The van der Waals surface area contributed by atoms with E-state index in [1.165, 1.54) is 6.08 Å². The molecule has 1 fully saturated rings. The summed E-state index contributed by atoms with van der Waals surface area (Å²) >= 11 is 0. The van der Waals surface area contributed by atoms with E-state index < -0.39 is 5.60 Å². The van der Waals surface area contributed by atoms with Crippen LogP contribution in [0.25, 0.3) is 0 Å². The number of ether oxygens (including phenoxy) is 1. The molecule has 0 aromatic rings. The third-order valence-electron chi connectivity index (χ3n) is 2.85. The predicted molar refractivity (Wildman–Crippen MR) is 83.3 cm³/mol. The summed E-state index contributed by atoms with van der Waals surface area (Å²) in [6.07, 6.45) is 4.67. The number of carbonyl (C=O) groups excluding carboxylic acids is 2. The third kappa shape index (κ3) is 8.34. The molecule has 6 nitrogen and oxygen atoms in total. The number of likely N-dealkylation sites (tertiary alicyclic amines) is 1. The van der Waals surface area contributed by atoms with Crippen LogP contribution in [-0.2, 0) is 9.53 Å². The van der Waals surface area contributed by atoms with Gasteiger partial charge in [0.05, 0.1) is 0 Å². The van der Waals surface area contributed by atoms with Crippen molar-refractivity contribution < 1.29 is 14.3 Å². The molecule has 0 spiro atoms. The Balaban J connectivity index is 0.00000191. The Labute approximate surface area is 127 Å². The van der Waals surface area contributed by atoms with Crippen molar-refractivity contribution in [2.24, 2.45) is 11.8 Å². The summed E-state index contributed by atoms with van der Waals surface area (Å²) in [4.78, 5) is 24.5. The Kier molecular flexibility index (Phi) is 8.69.